The third-order valence-electron chi connectivity index (χ3n) is 3.70. The van der Waals surface area contributed by atoms with Crippen molar-refractivity contribution in [2.24, 2.45) is 0 Å². The van der Waals surface area contributed by atoms with Gasteiger partial charge in [0.25, 0.3) is 0 Å². The third kappa shape index (κ3) is 7.10. The standard InChI is InChI=1S/C12H15N3S.C8H11NS2/c1-9-12(16-8-14-9)7-15(2)11-6-4-3-5-10(11)13;1-9(2)11-8-5-3-7(10)4-6-8/h3-6,8H,7,13H2,1-2H3;3-6,10H,1-2H3. The highest BCUT2D eigenvalue weighted by atomic mass is 32.2. The number of rotatable bonds is 5. The number of nitrogens with two attached hydrogens (primary N) is 1. The molecule has 0 atom stereocenters. The molecule has 0 aliphatic rings. The zero-order chi connectivity index (χ0) is 19.8. The lowest BCUT2D eigenvalue weighted by Gasteiger charge is -2.20. The Morgan fingerprint density at radius 3 is 2.30 bits per heavy atom. The molecular weight excluding hydrogens is 392 g/mol. The number of benzene rings is 2. The predicted octanol–water partition coefficient (Wildman–Crippen LogP) is 5.21. The molecule has 7 heteroatoms. The molecule has 0 fully saturated rings. The van der Waals surface area contributed by atoms with Crippen molar-refractivity contribution in [2.75, 3.05) is 31.8 Å². The van der Waals surface area contributed by atoms with Crippen LogP contribution in [-0.4, -0.2) is 30.4 Å². The van der Waals surface area contributed by atoms with E-state index >= 15 is 0 Å². The minimum Gasteiger partial charge on any atom is -0.397 e. The summed E-state index contributed by atoms with van der Waals surface area (Å²) in [6.07, 6.45) is 0. The Morgan fingerprint density at radius 2 is 1.74 bits per heavy atom. The summed E-state index contributed by atoms with van der Waals surface area (Å²) in [5, 5.41) is 0. The van der Waals surface area contributed by atoms with Crippen LogP contribution in [0.4, 0.5) is 11.4 Å². The van der Waals surface area contributed by atoms with Crippen LogP contribution in [0, 0.1) is 6.92 Å². The van der Waals surface area contributed by atoms with Crippen molar-refractivity contribution in [1.29, 1.82) is 0 Å². The molecule has 0 bridgehead atoms. The molecule has 1 heterocycles. The van der Waals surface area contributed by atoms with Crippen LogP contribution in [0.15, 0.2) is 63.8 Å². The van der Waals surface area contributed by atoms with Gasteiger partial charge in [0.2, 0.25) is 0 Å². The first-order chi connectivity index (χ1) is 12.9. The number of thiazole rings is 1. The van der Waals surface area contributed by atoms with Crippen LogP contribution in [0.2, 0.25) is 0 Å². The highest BCUT2D eigenvalue weighted by Crippen LogP contribution is 2.24. The Bertz CT molecular complexity index is 831. The fraction of sp³-hybridized carbons (Fsp3) is 0.250. The van der Waals surface area contributed by atoms with Gasteiger partial charge in [-0.05, 0) is 69.4 Å². The lowest BCUT2D eigenvalue weighted by atomic mass is 10.2. The second-order valence-electron chi connectivity index (χ2n) is 6.17. The number of aromatic nitrogens is 1. The molecule has 1 aromatic heterocycles. The van der Waals surface area contributed by atoms with Crippen molar-refractivity contribution >= 4 is 47.3 Å². The molecule has 0 radical (unpaired) electrons. The molecule has 3 aromatic rings. The first kappa shape index (κ1) is 21.6. The van der Waals surface area contributed by atoms with Crippen molar-refractivity contribution in [3.05, 3.63) is 64.6 Å². The summed E-state index contributed by atoms with van der Waals surface area (Å²) >= 11 is 7.59. The van der Waals surface area contributed by atoms with Gasteiger partial charge in [-0.25, -0.2) is 4.98 Å². The zero-order valence-corrected chi connectivity index (χ0v) is 18.6. The summed E-state index contributed by atoms with van der Waals surface area (Å²) in [6.45, 7) is 2.89. The number of thiol groups is 1. The van der Waals surface area contributed by atoms with Gasteiger partial charge in [-0.3, -0.25) is 4.31 Å². The summed E-state index contributed by atoms with van der Waals surface area (Å²) in [4.78, 5) is 9.93. The maximum absolute atomic E-state index is 5.93. The van der Waals surface area contributed by atoms with E-state index in [1.165, 1.54) is 9.77 Å². The number of hydrogen-bond acceptors (Lipinski definition) is 7. The van der Waals surface area contributed by atoms with E-state index in [2.05, 4.69) is 39.0 Å². The number of nitrogens with zero attached hydrogens (tertiary/aromatic N) is 3. The number of nitrogen functional groups attached to an aromatic ring is 1. The largest absolute Gasteiger partial charge is 0.397 e. The SMILES string of the molecule is CN(C)Sc1ccc(S)cc1.Cc1ncsc1CN(C)c1ccccc1N. The highest BCUT2D eigenvalue weighted by molar-refractivity contribution is 7.97. The Hall–Kier alpha value is -1.67. The van der Waals surface area contributed by atoms with Crippen LogP contribution in [0.5, 0.6) is 0 Å². The molecular formula is C20H26N4S3. The van der Waals surface area contributed by atoms with E-state index in [1.54, 1.807) is 23.3 Å². The summed E-state index contributed by atoms with van der Waals surface area (Å²) in [6, 6.07) is 16.0. The molecule has 0 unspecified atom stereocenters. The second kappa shape index (κ2) is 10.6. The Balaban J connectivity index is 0.000000208. The lowest BCUT2D eigenvalue weighted by molar-refractivity contribution is 0.702. The van der Waals surface area contributed by atoms with E-state index in [-0.39, 0.29) is 0 Å². The molecule has 2 aromatic carbocycles. The van der Waals surface area contributed by atoms with Crippen molar-refractivity contribution in [3.8, 4) is 0 Å². The second-order valence-corrected chi connectivity index (χ2v) is 9.01. The minimum absolute atomic E-state index is 0.812. The van der Waals surface area contributed by atoms with Crippen LogP contribution < -0.4 is 10.6 Å². The maximum Gasteiger partial charge on any atom is 0.0798 e. The maximum atomic E-state index is 5.93. The molecule has 3 rings (SSSR count). The van der Waals surface area contributed by atoms with E-state index in [9.17, 15) is 0 Å². The summed E-state index contributed by atoms with van der Waals surface area (Å²) < 4.78 is 2.06. The van der Waals surface area contributed by atoms with E-state index in [0.717, 1.165) is 28.5 Å². The smallest absolute Gasteiger partial charge is 0.0798 e. The van der Waals surface area contributed by atoms with Crippen LogP contribution in [-0.2, 0) is 6.54 Å². The van der Waals surface area contributed by atoms with Crippen LogP contribution in [0.1, 0.15) is 10.6 Å². The molecule has 0 amide bonds. The number of hydrogen-bond donors (Lipinski definition) is 2. The zero-order valence-electron chi connectivity index (χ0n) is 16.1. The van der Waals surface area contributed by atoms with Gasteiger partial charge in [-0.15, -0.1) is 24.0 Å². The molecule has 2 N–H and O–H groups in total. The van der Waals surface area contributed by atoms with E-state index in [1.807, 2.05) is 70.0 Å². The fourth-order valence-corrected chi connectivity index (χ4v) is 3.99. The van der Waals surface area contributed by atoms with Gasteiger partial charge >= 0.3 is 0 Å². The third-order valence-corrected chi connectivity index (χ3v) is 5.76. The van der Waals surface area contributed by atoms with Gasteiger partial charge in [-0.1, -0.05) is 12.1 Å². The molecule has 27 heavy (non-hydrogen) atoms. The normalized spacial score (nSPS) is 10.4. The van der Waals surface area contributed by atoms with Crippen LogP contribution >= 0.6 is 35.9 Å². The number of anilines is 2. The van der Waals surface area contributed by atoms with Gasteiger partial charge in [0.05, 0.1) is 29.1 Å². The predicted molar refractivity (Wildman–Crippen MR) is 123 cm³/mol. The molecule has 0 aliphatic carbocycles. The van der Waals surface area contributed by atoms with Crippen molar-refractivity contribution in [3.63, 3.8) is 0 Å². The van der Waals surface area contributed by atoms with Gasteiger partial charge in [0.15, 0.2) is 0 Å². The number of para-hydroxylation sites is 2. The molecule has 4 nitrogen and oxygen atoms in total. The van der Waals surface area contributed by atoms with Crippen LogP contribution in [0.25, 0.3) is 0 Å². The molecule has 0 spiro atoms. The topological polar surface area (TPSA) is 45.4 Å². The number of aryl methyl sites for hydroxylation is 1. The minimum atomic E-state index is 0.812. The molecule has 144 valence electrons. The fourth-order valence-electron chi connectivity index (χ4n) is 2.33. The quantitative estimate of drug-likeness (QED) is 0.338. The van der Waals surface area contributed by atoms with Gasteiger partial charge in [-0.2, -0.15) is 0 Å². The first-order valence-electron chi connectivity index (χ1n) is 8.45. The average molecular weight is 419 g/mol. The summed E-state index contributed by atoms with van der Waals surface area (Å²) in [5.74, 6) is 0. The molecule has 0 saturated heterocycles. The van der Waals surface area contributed by atoms with Crippen molar-refractivity contribution < 1.29 is 0 Å². The molecule has 0 aliphatic heterocycles. The van der Waals surface area contributed by atoms with Crippen LogP contribution in [0.3, 0.4) is 0 Å². The summed E-state index contributed by atoms with van der Waals surface area (Å²) in [5.41, 5.74) is 10.8. The van der Waals surface area contributed by atoms with E-state index in [4.69, 9.17) is 5.73 Å². The van der Waals surface area contributed by atoms with Gasteiger partial charge in [0.1, 0.15) is 0 Å². The van der Waals surface area contributed by atoms with Gasteiger partial charge in [0, 0.05) is 21.7 Å². The lowest BCUT2D eigenvalue weighted by Crippen LogP contribution is -2.17. The average Bonchev–Trinajstić information content (AvgIpc) is 3.02. The Kier molecular flexibility index (Phi) is 8.50. The van der Waals surface area contributed by atoms with Crippen molar-refractivity contribution in [2.45, 2.75) is 23.3 Å². The van der Waals surface area contributed by atoms with E-state index < -0.39 is 0 Å². The van der Waals surface area contributed by atoms with Gasteiger partial charge < -0.3 is 10.6 Å². The van der Waals surface area contributed by atoms with Crippen molar-refractivity contribution in [1.82, 2.24) is 9.29 Å². The molecule has 0 saturated carbocycles. The monoisotopic (exact) mass is 418 g/mol. The van der Waals surface area contributed by atoms with E-state index in [0.29, 0.717) is 0 Å². The first-order valence-corrected chi connectivity index (χ1v) is 10.6. The summed E-state index contributed by atoms with van der Waals surface area (Å²) in [7, 11) is 6.10. The Morgan fingerprint density at radius 1 is 1.07 bits per heavy atom. The Labute approximate surface area is 176 Å². The highest BCUT2D eigenvalue weighted by Gasteiger charge is 2.08.